The van der Waals surface area contributed by atoms with E-state index in [0.29, 0.717) is 27.8 Å². The van der Waals surface area contributed by atoms with Crippen LogP contribution >= 0.6 is 0 Å². The van der Waals surface area contributed by atoms with Crippen LogP contribution in [0, 0.1) is 0 Å². The molecule has 2 nitrogen and oxygen atoms in total. The molecule has 2 aromatic heterocycles. The minimum atomic E-state index is -0.459. The van der Waals surface area contributed by atoms with Gasteiger partial charge >= 0.3 is 0 Å². The molecule has 0 fully saturated rings. The van der Waals surface area contributed by atoms with Crippen molar-refractivity contribution in [1.29, 1.82) is 0 Å². The third-order valence-electron chi connectivity index (χ3n) is 21.9. The molecular formula is C100H56O2. The van der Waals surface area contributed by atoms with Crippen molar-refractivity contribution in [2.24, 2.45) is 0 Å². The molecule has 0 amide bonds. The molecule has 0 aliphatic rings. The maximum absolute atomic E-state index is 10.2. The molecule has 24 aromatic rings. The summed E-state index contributed by atoms with van der Waals surface area (Å²) in [4.78, 5) is 0. The lowest BCUT2D eigenvalue weighted by molar-refractivity contribution is 0.668. The molecule has 2 heteroatoms. The summed E-state index contributed by atoms with van der Waals surface area (Å²) in [5.74, 6) is 0. The van der Waals surface area contributed by atoms with Crippen molar-refractivity contribution in [2.75, 3.05) is 0 Å². The molecule has 0 spiro atoms. The van der Waals surface area contributed by atoms with Crippen LogP contribution in [0.1, 0.15) is 13.7 Å². The number of para-hydroxylation sites is 2. The highest BCUT2D eigenvalue weighted by atomic mass is 16.3. The van der Waals surface area contributed by atoms with Gasteiger partial charge in [-0.15, -0.1) is 0 Å². The largest absolute Gasteiger partial charge is 0.456 e. The van der Waals surface area contributed by atoms with E-state index in [1.807, 2.05) is 54.6 Å². The quantitative estimate of drug-likeness (QED) is 0.155. The summed E-state index contributed by atoms with van der Waals surface area (Å²) >= 11 is 0. The number of hydrogen-bond donors (Lipinski definition) is 0. The minimum absolute atomic E-state index is 0.0101. The van der Waals surface area contributed by atoms with E-state index in [0.717, 1.165) is 136 Å². The summed E-state index contributed by atoms with van der Waals surface area (Å²) in [6, 6.07) is 95.2. The Balaban J connectivity index is 0.000000134. The Labute approximate surface area is 598 Å². The van der Waals surface area contributed by atoms with Gasteiger partial charge in [0.2, 0.25) is 0 Å². The van der Waals surface area contributed by atoms with Crippen molar-refractivity contribution >= 4 is 173 Å². The molecule has 0 N–H and O–H groups in total. The second-order valence-electron chi connectivity index (χ2n) is 27.2. The molecule has 0 unspecified atom stereocenters. The summed E-state index contributed by atoms with van der Waals surface area (Å²) in [5.41, 5.74) is 9.88. The second-order valence-corrected chi connectivity index (χ2v) is 27.2. The smallest absolute Gasteiger partial charge is 0.136 e. The lowest BCUT2D eigenvalue weighted by Crippen LogP contribution is -1.92. The molecule has 24 rings (SSSR count). The number of hydrogen-bond acceptors (Lipinski definition) is 2. The standard InChI is InChI=1S/2C50H28O/c2*1-2-10-45-40(9-1)41-24-20-36(28-46(41)51-45)38-22-19-35(37-21-15-33-13-11-29-5-3-7-31-17-25-42(37)49(33)47(29)31)27-44(38)39-23-16-34-14-12-30-6-4-8-32-18-26-43(39)50(34)48(30)32/h2*1-28H/i1D,2D,9D,10D,20D,24D,28D;19D,22D,27D. The Morgan fingerprint density at radius 2 is 0.549 bits per heavy atom. The van der Waals surface area contributed by atoms with Gasteiger partial charge in [-0.05, 0) is 244 Å². The van der Waals surface area contributed by atoms with Crippen LogP contribution in [0.5, 0.6) is 0 Å². The average molecular weight is 1300 g/mol. The van der Waals surface area contributed by atoms with Crippen LogP contribution in [-0.2, 0) is 0 Å². The fourth-order valence-corrected chi connectivity index (χ4v) is 17.3. The first-order chi connectivity index (χ1) is 54.7. The Kier molecular flexibility index (Phi) is 9.65. The van der Waals surface area contributed by atoms with E-state index in [2.05, 4.69) is 224 Å². The summed E-state index contributed by atoms with van der Waals surface area (Å²) in [6.07, 6.45) is 0. The average Bonchev–Trinajstić information content (AvgIpc) is 1.03. The molecule has 22 aromatic carbocycles. The number of furan rings is 2. The van der Waals surface area contributed by atoms with Gasteiger partial charge in [0.25, 0.3) is 0 Å². The highest BCUT2D eigenvalue weighted by Crippen LogP contribution is 2.50. The van der Waals surface area contributed by atoms with E-state index in [9.17, 15) is 8.22 Å². The fourth-order valence-electron chi connectivity index (χ4n) is 17.3. The Bertz CT molecular complexity index is 8220. The van der Waals surface area contributed by atoms with Crippen LogP contribution in [0.4, 0.5) is 0 Å². The molecule has 0 aliphatic carbocycles. The zero-order valence-corrected chi connectivity index (χ0v) is 54.4. The maximum atomic E-state index is 10.2. The van der Waals surface area contributed by atoms with E-state index in [-0.39, 0.29) is 75.8 Å². The molecule has 468 valence electrons. The predicted molar refractivity (Wildman–Crippen MR) is 435 cm³/mol. The number of fused-ring (bicyclic) bond motifs is 6. The molecule has 0 saturated heterocycles. The lowest BCUT2D eigenvalue weighted by atomic mass is 9.85. The van der Waals surface area contributed by atoms with Crippen LogP contribution < -0.4 is 0 Å². The van der Waals surface area contributed by atoms with E-state index < -0.39 is 12.1 Å². The molecular weight excluding hydrogens is 1230 g/mol. The third-order valence-corrected chi connectivity index (χ3v) is 21.9. The summed E-state index contributed by atoms with van der Waals surface area (Å²) < 4.78 is 104. The molecule has 0 radical (unpaired) electrons. The lowest BCUT2D eigenvalue weighted by Gasteiger charge is -2.19. The second kappa shape index (κ2) is 21.1. The van der Waals surface area contributed by atoms with Gasteiger partial charge in [0.15, 0.2) is 0 Å². The predicted octanol–water partition coefficient (Wildman–Crippen LogP) is 28.8. The zero-order chi connectivity index (χ0) is 75.1. The molecule has 0 bridgehead atoms. The molecule has 2 heterocycles. The fraction of sp³-hybridized carbons (Fsp3) is 0. The maximum Gasteiger partial charge on any atom is 0.136 e. The van der Waals surface area contributed by atoms with Gasteiger partial charge in [0.1, 0.15) is 22.3 Å². The van der Waals surface area contributed by atoms with E-state index >= 15 is 0 Å². The van der Waals surface area contributed by atoms with Crippen molar-refractivity contribution in [1.82, 2.24) is 0 Å². The van der Waals surface area contributed by atoms with Crippen LogP contribution in [0.2, 0.25) is 0 Å². The molecule has 0 saturated carbocycles. The third kappa shape index (κ3) is 8.06. The van der Waals surface area contributed by atoms with Crippen molar-refractivity contribution in [3.05, 3.63) is 339 Å². The van der Waals surface area contributed by atoms with Gasteiger partial charge in [0, 0.05) is 21.5 Å². The number of rotatable bonds is 6. The topological polar surface area (TPSA) is 26.3 Å². The van der Waals surface area contributed by atoms with Gasteiger partial charge in [-0.3, -0.25) is 0 Å². The van der Waals surface area contributed by atoms with Crippen LogP contribution in [-0.4, -0.2) is 0 Å². The van der Waals surface area contributed by atoms with Crippen LogP contribution in [0.25, 0.3) is 240 Å². The minimum Gasteiger partial charge on any atom is -0.456 e. The first-order valence-electron chi connectivity index (χ1n) is 39.5. The molecule has 0 atom stereocenters. The highest BCUT2D eigenvalue weighted by molar-refractivity contribution is 6.30. The summed E-state index contributed by atoms with van der Waals surface area (Å²) in [7, 11) is 0. The highest BCUT2D eigenvalue weighted by Gasteiger charge is 2.23. The Morgan fingerprint density at radius 3 is 1.10 bits per heavy atom. The van der Waals surface area contributed by atoms with Gasteiger partial charge in [-0.2, -0.15) is 0 Å². The molecule has 0 aliphatic heterocycles. The van der Waals surface area contributed by atoms with Gasteiger partial charge in [-0.25, -0.2) is 0 Å². The summed E-state index contributed by atoms with van der Waals surface area (Å²) in [5, 5.41) is 29.4. The monoisotopic (exact) mass is 1300 g/mol. The normalized spacial score (nSPS) is 13.7. The van der Waals surface area contributed by atoms with Crippen molar-refractivity contribution < 1.29 is 22.5 Å². The van der Waals surface area contributed by atoms with Crippen molar-refractivity contribution in [3.8, 4) is 66.8 Å². The van der Waals surface area contributed by atoms with Crippen molar-refractivity contribution in [3.63, 3.8) is 0 Å². The molecule has 102 heavy (non-hydrogen) atoms. The first-order valence-corrected chi connectivity index (χ1v) is 34.5. The zero-order valence-electron chi connectivity index (χ0n) is 64.4. The number of benzene rings is 22. The Morgan fingerprint density at radius 1 is 0.176 bits per heavy atom. The van der Waals surface area contributed by atoms with Crippen LogP contribution in [0.15, 0.2) is 348 Å². The van der Waals surface area contributed by atoms with Gasteiger partial charge < -0.3 is 8.83 Å². The SMILES string of the molecule is [2H]c1c([2H])c(-c2ccc3c(c2)oc2ccccc23)c(-c2ccc3ccc4cccc5ccc2c3c45)c([2H])c1-c1ccc2ccc3cccc4ccc1c2c34.[2H]c1c([2H])c([2H])c2c(oc3c([2H])c(-c4ccc(-c5ccc6ccc7cccc8ccc5c6c78)cc4-c4ccc5ccc6cccc7ccc4c5c67)c([2H])c([2H])c32)c1[2H]. The first kappa shape index (κ1) is 46.7. The van der Waals surface area contributed by atoms with E-state index in [1.54, 1.807) is 0 Å². The van der Waals surface area contributed by atoms with Gasteiger partial charge in [-0.1, -0.05) is 291 Å². The van der Waals surface area contributed by atoms with Gasteiger partial charge in [0.05, 0.1) is 13.7 Å². The van der Waals surface area contributed by atoms with E-state index in [1.165, 1.54) is 48.5 Å². The van der Waals surface area contributed by atoms with Crippen LogP contribution in [0.3, 0.4) is 0 Å². The van der Waals surface area contributed by atoms with Crippen molar-refractivity contribution in [2.45, 2.75) is 0 Å². The van der Waals surface area contributed by atoms with E-state index in [4.69, 9.17) is 14.3 Å². The summed E-state index contributed by atoms with van der Waals surface area (Å²) in [6.45, 7) is 0. The Hall–Kier alpha value is -13.4.